The molecule has 1 heterocycles. The molecule has 0 spiro atoms. The van der Waals surface area contributed by atoms with E-state index in [0.717, 1.165) is 38.9 Å². The molecule has 1 saturated carbocycles. The maximum Gasteiger partial charge on any atom is 0.306 e. The maximum atomic E-state index is 12.6. The van der Waals surface area contributed by atoms with E-state index in [1.54, 1.807) is 0 Å². The number of aliphatic carboxylic acids is 1. The van der Waals surface area contributed by atoms with Crippen LogP contribution in [0, 0.1) is 11.8 Å². The van der Waals surface area contributed by atoms with Crippen LogP contribution in [0.1, 0.15) is 39.0 Å². The zero-order valence-corrected chi connectivity index (χ0v) is 11.6. The van der Waals surface area contributed by atoms with Gasteiger partial charge in [-0.2, -0.15) is 0 Å². The number of rotatable bonds is 4. The predicted octanol–water partition coefficient (Wildman–Crippen LogP) is 1.09. The molecule has 0 aromatic carbocycles. The van der Waals surface area contributed by atoms with Gasteiger partial charge in [-0.15, -0.1) is 0 Å². The van der Waals surface area contributed by atoms with Crippen molar-refractivity contribution in [1.82, 2.24) is 10.2 Å². The zero-order chi connectivity index (χ0) is 13.8. The molecule has 1 amide bonds. The van der Waals surface area contributed by atoms with Gasteiger partial charge in [0, 0.05) is 18.5 Å². The highest BCUT2D eigenvalue weighted by Crippen LogP contribution is 2.33. The Morgan fingerprint density at radius 2 is 1.79 bits per heavy atom. The van der Waals surface area contributed by atoms with Crippen molar-refractivity contribution in [3.05, 3.63) is 0 Å². The monoisotopic (exact) mass is 268 g/mol. The molecule has 2 rings (SSSR count). The lowest BCUT2D eigenvalue weighted by molar-refractivity contribution is -0.142. The van der Waals surface area contributed by atoms with Gasteiger partial charge in [-0.05, 0) is 52.1 Å². The van der Waals surface area contributed by atoms with Gasteiger partial charge in [0.15, 0.2) is 0 Å². The van der Waals surface area contributed by atoms with Crippen LogP contribution < -0.4 is 5.32 Å². The summed E-state index contributed by atoms with van der Waals surface area (Å²) in [6.07, 6.45) is 3.92. The summed E-state index contributed by atoms with van der Waals surface area (Å²) < 4.78 is 0. The standard InChI is InChI=1S/C14H24N2O3/c1-2-16(12-5-7-15-8-6-12)13(17)10-3-4-11(9-10)14(18)19/h10-12,15H,2-9H2,1H3,(H,18,19)/t10-,11+/m1/s1. The van der Waals surface area contributed by atoms with Gasteiger partial charge in [0.25, 0.3) is 0 Å². The Bertz CT molecular complexity index is 340. The number of nitrogens with zero attached hydrogens (tertiary/aromatic N) is 1. The predicted molar refractivity (Wildman–Crippen MR) is 71.7 cm³/mol. The number of carbonyl (C=O) groups excluding carboxylic acids is 1. The average Bonchev–Trinajstić information content (AvgIpc) is 2.90. The van der Waals surface area contributed by atoms with E-state index in [2.05, 4.69) is 5.32 Å². The van der Waals surface area contributed by atoms with Gasteiger partial charge < -0.3 is 15.3 Å². The molecule has 2 atom stereocenters. The minimum absolute atomic E-state index is 0.0732. The van der Waals surface area contributed by atoms with Crippen LogP contribution >= 0.6 is 0 Å². The van der Waals surface area contributed by atoms with Gasteiger partial charge in [0.1, 0.15) is 0 Å². The van der Waals surface area contributed by atoms with Crippen molar-refractivity contribution in [2.45, 2.75) is 45.1 Å². The molecule has 1 aliphatic heterocycles. The van der Waals surface area contributed by atoms with Crippen molar-refractivity contribution in [3.63, 3.8) is 0 Å². The Morgan fingerprint density at radius 1 is 1.16 bits per heavy atom. The van der Waals surface area contributed by atoms with Crippen LogP contribution in [0.15, 0.2) is 0 Å². The van der Waals surface area contributed by atoms with Crippen molar-refractivity contribution in [2.24, 2.45) is 11.8 Å². The van der Waals surface area contributed by atoms with Crippen molar-refractivity contribution in [2.75, 3.05) is 19.6 Å². The molecule has 0 unspecified atom stereocenters. The molecule has 2 aliphatic rings. The number of amides is 1. The van der Waals surface area contributed by atoms with Crippen molar-refractivity contribution < 1.29 is 14.7 Å². The van der Waals surface area contributed by atoms with E-state index in [-0.39, 0.29) is 17.7 Å². The smallest absolute Gasteiger partial charge is 0.306 e. The second-order valence-electron chi connectivity index (χ2n) is 5.65. The highest BCUT2D eigenvalue weighted by Gasteiger charge is 2.37. The average molecular weight is 268 g/mol. The van der Waals surface area contributed by atoms with E-state index in [1.807, 2.05) is 11.8 Å². The first-order valence-corrected chi connectivity index (χ1v) is 7.37. The lowest BCUT2D eigenvalue weighted by Crippen LogP contribution is -2.47. The van der Waals surface area contributed by atoms with Gasteiger partial charge in [0.05, 0.1) is 5.92 Å². The fraction of sp³-hybridized carbons (Fsp3) is 0.857. The summed E-state index contributed by atoms with van der Waals surface area (Å²) in [5.74, 6) is -0.963. The molecule has 2 N–H and O–H groups in total. The molecule has 5 nitrogen and oxygen atoms in total. The van der Waals surface area contributed by atoms with E-state index in [1.165, 1.54) is 0 Å². The van der Waals surface area contributed by atoms with Crippen LogP contribution in [0.4, 0.5) is 0 Å². The molecule has 0 aromatic heterocycles. The molecular formula is C14H24N2O3. The molecule has 1 saturated heterocycles. The molecular weight excluding hydrogens is 244 g/mol. The number of nitrogens with one attached hydrogen (secondary N) is 1. The maximum absolute atomic E-state index is 12.6. The third-order valence-electron chi connectivity index (χ3n) is 4.50. The summed E-state index contributed by atoms with van der Waals surface area (Å²) in [7, 11) is 0. The number of carboxylic acid groups (broad SMARTS) is 1. The van der Waals surface area contributed by atoms with Gasteiger partial charge in [-0.1, -0.05) is 0 Å². The normalized spacial score (nSPS) is 28.3. The number of hydrogen-bond acceptors (Lipinski definition) is 3. The van der Waals surface area contributed by atoms with Crippen LogP contribution in [0.5, 0.6) is 0 Å². The number of piperidine rings is 1. The Labute approximate surface area is 114 Å². The van der Waals surface area contributed by atoms with E-state index >= 15 is 0 Å². The van der Waals surface area contributed by atoms with Gasteiger partial charge in [-0.25, -0.2) is 0 Å². The van der Waals surface area contributed by atoms with E-state index in [4.69, 9.17) is 5.11 Å². The van der Waals surface area contributed by atoms with Crippen LogP contribution in [-0.4, -0.2) is 47.6 Å². The van der Waals surface area contributed by atoms with Crippen molar-refractivity contribution in [1.29, 1.82) is 0 Å². The fourth-order valence-corrected chi connectivity index (χ4v) is 3.38. The minimum atomic E-state index is -0.750. The summed E-state index contributed by atoms with van der Waals surface area (Å²) in [6, 6.07) is 0.336. The Morgan fingerprint density at radius 3 is 2.32 bits per heavy atom. The Balaban J connectivity index is 1.95. The number of carbonyl (C=O) groups is 2. The SMILES string of the molecule is CCN(C(=O)[C@@H]1CC[C@H](C(=O)O)C1)C1CCNCC1. The summed E-state index contributed by atoms with van der Waals surface area (Å²) in [6.45, 7) is 4.69. The van der Waals surface area contributed by atoms with Crippen molar-refractivity contribution in [3.8, 4) is 0 Å². The largest absolute Gasteiger partial charge is 0.481 e. The lowest BCUT2D eigenvalue weighted by Gasteiger charge is -2.35. The Kier molecular flexibility index (Phi) is 4.80. The van der Waals surface area contributed by atoms with E-state index in [9.17, 15) is 9.59 Å². The Hall–Kier alpha value is -1.10. The van der Waals surface area contributed by atoms with Crippen LogP contribution in [0.3, 0.4) is 0 Å². The first kappa shape index (κ1) is 14.3. The number of hydrogen-bond donors (Lipinski definition) is 2. The fourth-order valence-electron chi connectivity index (χ4n) is 3.38. The second kappa shape index (κ2) is 6.37. The third kappa shape index (κ3) is 3.26. The van der Waals surface area contributed by atoms with E-state index in [0.29, 0.717) is 18.9 Å². The first-order valence-electron chi connectivity index (χ1n) is 7.37. The summed E-state index contributed by atoms with van der Waals surface area (Å²) in [5, 5.41) is 12.3. The molecule has 0 bridgehead atoms. The molecule has 0 radical (unpaired) electrons. The molecule has 108 valence electrons. The molecule has 0 aromatic rings. The lowest BCUT2D eigenvalue weighted by atomic mass is 9.99. The topological polar surface area (TPSA) is 69.6 Å². The van der Waals surface area contributed by atoms with Crippen LogP contribution in [0.2, 0.25) is 0 Å². The third-order valence-corrected chi connectivity index (χ3v) is 4.50. The molecule has 5 heteroatoms. The van der Waals surface area contributed by atoms with Gasteiger partial charge >= 0.3 is 5.97 Å². The zero-order valence-electron chi connectivity index (χ0n) is 11.6. The molecule has 1 aliphatic carbocycles. The van der Waals surface area contributed by atoms with Crippen molar-refractivity contribution >= 4 is 11.9 Å². The highest BCUT2D eigenvalue weighted by molar-refractivity contribution is 5.81. The molecule has 2 fully saturated rings. The minimum Gasteiger partial charge on any atom is -0.481 e. The first-order chi connectivity index (χ1) is 9.13. The summed E-state index contributed by atoms with van der Waals surface area (Å²) in [5.41, 5.74) is 0. The molecule has 19 heavy (non-hydrogen) atoms. The van der Waals surface area contributed by atoms with Crippen LogP contribution in [0.25, 0.3) is 0 Å². The van der Waals surface area contributed by atoms with E-state index < -0.39 is 5.97 Å². The second-order valence-corrected chi connectivity index (χ2v) is 5.65. The highest BCUT2D eigenvalue weighted by atomic mass is 16.4. The quantitative estimate of drug-likeness (QED) is 0.800. The summed E-state index contributed by atoms with van der Waals surface area (Å²) >= 11 is 0. The summed E-state index contributed by atoms with van der Waals surface area (Å²) in [4.78, 5) is 25.5. The van der Waals surface area contributed by atoms with Gasteiger partial charge in [0.2, 0.25) is 5.91 Å². The number of carboxylic acids is 1. The van der Waals surface area contributed by atoms with Gasteiger partial charge in [-0.3, -0.25) is 9.59 Å². The van der Waals surface area contributed by atoms with Crippen LogP contribution in [-0.2, 0) is 9.59 Å².